The smallest absolute Gasteiger partial charge is 0.391 e. The van der Waals surface area contributed by atoms with Crippen molar-refractivity contribution in [3.05, 3.63) is 140 Å². The zero-order valence-corrected chi connectivity index (χ0v) is 47.2. The van der Waals surface area contributed by atoms with Gasteiger partial charge in [-0.3, -0.25) is 33.7 Å². The molecule has 6 aromatic rings. The summed E-state index contributed by atoms with van der Waals surface area (Å²) in [6.45, 7) is 12.9. The number of aliphatic hydroxyl groups is 1. The highest BCUT2D eigenvalue weighted by atomic mass is 32.1. The second-order valence-electron chi connectivity index (χ2n) is 21.7. The minimum atomic E-state index is -4.93. The van der Waals surface area contributed by atoms with Crippen LogP contribution in [-0.2, 0) is 31.9 Å². The highest BCUT2D eigenvalue weighted by molar-refractivity contribution is 7.13. The maximum atomic E-state index is 14.3. The van der Waals surface area contributed by atoms with Crippen molar-refractivity contribution in [2.45, 2.75) is 83.8 Å². The number of aliphatic hydroxyl groups excluding tert-OH is 1. The number of benzene rings is 3. The average Bonchev–Trinajstić information content (AvgIpc) is 4.27. The Hall–Kier alpha value is -7.73. The van der Waals surface area contributed by atoms with Crippen LogP contribution in [0.4, 0.5) is 24.5 Å². The summed E-state index contributed by atoms with van der Waals surface area (Å²) in [6.07, 6.45) is -5.21. The van der Waals surface area contributed by atoms with E-state index < -0.39 is 64.7 Å². The lowest BCUT2D eigenvalue weighted by Gasteiger charge is -2.35. The number of rotatable bonds is 18. The van der Waals surface area contributed by atoms with Gasteiger partial charge < -0.3 is 50.2 Å². The van der Waals surface area contributed by atoms with Crippen molar-refractivity contribution >= 4 is 52.2 Å². The molecule has 23 heteroatoms. The second kappa shape index (κ2) is 25.6. The maximum Gasteiger partial charge on any atom is 0.417 e. The number of amides is 5. The molecule has 0 spiro atoms. The fourth-order valence-electron chi connectivity index (χ4n) is 10.9. The van der Waals surface area contributed by atoms with Crippen molar-refractivity contribution in [3.8, 4) is 21.6 Å². The van der Waals surface area contributed by atoms with Gasteiger partial charge >= 0.3 is 6.18 Å². The van der Waals surface area contributed by atoms with Crippen LogP contribution in [-0.4, -0.2) is 154 Å². The van der Waals surface area contributed by atoms with Crippen LogP contribution in [0.25, 0.3) is 21.6 Å². The number of hydrogen-bond donors (Lipinski definition) is 5. The molecule has 434 valence electrons. The third-order valence-corrected chi connectivity index (χ3v) is 16.4. The lowest BCUT2D eigenvalue weighted by Crippen LogP contribution is -2.49. The molecule has 2 unspecified atom stereocenters. The number of pyridine rings is 1. The second-order valence-corrected chi connectivity index (χ2v) is 22.6. The van der Waals surface area contributed by atoms with Crippen LogP contribution in [0.15, 0.2) is 99.9 Å². The molecule has 3 saturated heterocycles. The van der Waals surface area contributed by atoms with Crippen LogP contribution >= 0.6 is 11.3 Å². The number of piperazine rings is 2. The van der Waals surface area contributed by atoms with Crippen molar-refractivity contribution in [3.63, 3.8) is 0 Å². The van der Waals surface area contributed by atoms with Gasteiger partial charge in [-0.2, -0.15) is 13.2 Å². The number of carbonyl (C=O) groups is 5. The molecule has 3 aromatic carbocycles. The van der Waals surface area contributed by atoms with Gasteiger partial charge in [0, 0.05) is 103 Å². The summed E-state index contributed by atoms with van der Waals surface area (Å²) in [7, 11) is 2.00. The molecule has 0 bridgehead atoms. The van der Waals surface area contributed by atoms with E-state index in [2.05, 4.69) is 45.8 Å². The van der Waals surface area contributed by atoms with Gasteiger partial charge in [0.15, 0.2) is 0 Å². The predicted octanol–water partition coefficient (Wildman–Crippen LogP) is 6.59. The van der Waals surface area contributed by atoms with Gasteiger partial charge in [-0.15, -0.1) is 11.3 Å². The average molecular weight is 1150 g/mol. The van der Waals surface area contributed by atoms with E-state index in [-0.39, 0.29) is 50.1 Å². The fraction of sp³-hybridized carbons (Fsp3) is 0.424. The van der Waals surface area contributed by atoms with Crippen LogP contribution in [0.5, 0.6) is 0 Å². The number of hydrogen-bond acceptors (Lipinski definition) is 14. The monoisotopic (exact) mass is 1150 g/mol. The first-order valence-corrected chi connectivity index (χ1v) is 28.3. The van der Waals surface area contributed by atoms with Crippen molar-refractivity contribution in [2.75, 3.05) is 82.7 Å². The Kier molecular flexibility index (Phi) is 18.4. The predicted molar refractivity (Wildman–Crippen MR) is 304 cm³/mol. The molecule has 3 fully saturated rings. The van der Waals surface area contributed by atoms with Gasteiger partial charge in [-0.25, -0.2) is 4.98 Å². The maximum absolute atomic E-state index is 14.3. The molecule has 6 heterocycles. The van der Waals surface area contributed by atoms with Gasteiger partial charge in [-0.05, 0) is 72.8 Å². The zero-order chi connectivity index (χ0) is 58.4. The summed E-state index contributed by atoms with van der Waals surface area (Å²) >= 11 is 1.50. The molecule has 3 aromatic heterocycles. The summed E-state index contributed by atoms with van der Waals surface area (Å²) in [5.74, 6) is -2.99. The molecule has 5 amide bonds. The molecule has 0 saturated carbocycles. The summed E-state index contributed by atoms with van der Waals surface area (Å²) in [4.78, 5) is 98.3. The van der Waals surface area contributed by atoms with Crippen LogP contribution in [0.2, 0.25) is 0 Å². The standard InChI is InChI=1S/C59H68F3N11O8S/c1-35(2)54(50-25-36(3)68-81-50)58(80)73-33-43(74)28-49(73)57(79)66-46(39-9-11-40(12-10-39)55-37(4)65-34-82-55)30-52(76)63-16-15-53(77)72-23-19-70(20-24-72)32-38-7-6-8-41(26-38)42-13-14-48(71-21-17-69(5)18-22-71)47(27-42)67-56(78)44-31-64-51(75)29-45(44)59(60,61)62/h6-14,25-27,29,31,34-35,43,46,49,54,74H,15-24,28,30,32-33H2,1-5H3,(H,63,76)(H,64,75)(H,66,79)(H,67,78)/t43-,46?,49+,54?/m1/s1. The lowest BCUT2D eigenvalue weighted by molar-refractivity contribution is -0.141. The summed E-state index contributed by atoms with van der Waals surface area (Å²) in [5, 5.41) is 23.4. The molecule has 0 radical (unpaired) electrons. The number of aromatic amines is 1. The number of thiazole rings is 1. The van der Waals surface area contributed by atoms with Gasteiger partial charge in [0.25, 0.3) is 5.91 Å². The van der Waals surface area contributed by atoms with Crippen molar-refractivity contribution in [2.24, 2.45) is 5.92 Å². The number of H-pyrrole nitrogens is 1. The summed E-state index contributed by atoms with van der Waals surface area (Å²) in [5.41, 5.74) is 5.34. The number of β-amino-alcohol motifs (C(OH)–C–C–N with tert-alkyl or cyclic N) is 1. The number of aryl methyl sites for hydroxylation is 2. The highest BCUT2D eigenvalue weighted by Gasteiger charge is 2.44. The number of alkyl halides is 3. The van der Waals surface area contributed by atoms with Crippen LogP contribution in [0.1, 0.15) is 89.3 Å². The number of likely N-dealkylation sites (N-methyl/N-ethyl adjacent to an activating group) is 1. The topological polar surface area (TPSA) is 230 Å². The van der Waals surface area contributed by atoms with Gasteiger partial charge in [0.1, 0.15) is 17.7 Å². The van der Waals surface area contributed by atoms with E-state index >= 15 is 0 Å². The Balaban J connectivity index is 0.806. The number of aromatic nitrogens is 3. The number of anilines is 2. The van der Waals surface area contributed by atoms with Crippen molar-refractivity contribution < 1.29 is 46.8 Å². The molecule has 3 aliphatic heterocycles. The normalized spacial score (nSPS) is 17.9. The minimum Gasteiger partial charge on any atom is -0.391 e. The van der Waals surface area contributed by atoms with Crippen LogP contribution in [0, 0.1) is 19.8 Å². The van der Waals surface area contributed by atoms with Gasteiger partial charge in [-0.1, -0.05) is 67.5 Å². The summed E-state index contributed by atoms with van der Waals surface area (Å²) in [6, 6.07) is 21.1. The molecule has 19 nitrogen and oxygen atoms in total. The van der Waals surface area contributed by atoms with Gasteiger partial charge in [0.2, 0.25) is 29.2 Å². The van der Waals surface area contributed by atoms with E-state index in [0.717, 1.165) is 52.1 Å². The van der Waals surface area contributed by atoms with Crippen molar-refractivity contribution in [1.82, 2.24) is 45.4 Å². The molecule has 5 N–H and O–H groups in total. The Labute approximate surface area is 476 Å². The SMILES string of the molecule is Cc1cc(C(C(=O)N2C[C@H](O)C[C@H]2C(=O)NC(CC(=O)NCCC(=O)N2CCN(Cc3cccc(-c4ccc(N5CCN(C)CC5)c(NC(=O)c5c[nH]c(=O)cc5C(F)(F)F)c4)c3)CC2)c2ccc(-c3scnc3C)cc2)C(C)C)on1. The third kappa shape index (κ3) is 14.1. The number of likely N-dealkylation sites (tertiary alicyclic amines) is 1. The Morgan fingerprint density at radius 3 is 2.28 bits per heavy atom. The quantitative estimate of drug-likeness (QED) is 0.0613. The van der Waals surface area contributed by atoms with E-state index in [4.69, 9.17) is 4.52 Å². The summed E-state index contributed by atoms with van der Waals surface area (Å²) < 4.78 is 47.5. The number of nitrogens with one attached hydrogen (secondary N) is 4. The zero-order valence-electron chi connectivity index (χ0n) is 46.4. The van der Waals surface area contributed by atoms with E-state index in [1.807, 2.05) is 88.5 Å². The molecule has 0 aliphatic carbocycles. The van der Waals surface area contributed by atoms with Crippen LogP contribution < -0.4 is 26.4 Å². The van der Waals surface area contributed by atoms with Crippen LogP contribution in [0.3, 0.4) is 0 Å². The number of nitrogens with zero attached hydrogens (tertiary/aromatic N) is 7. The fourth-order valence-corrected chi connectivity index (χ4v) is 11.7. The molecule has 4 atom stereocenters. The first-order chi connectivity index (χ1) is 39.2. The number of halogens is 3. The molecule has 9 rings (SSSR count). The molecule has 82 heavy (non-hydrogen) atoms. The first kappa shape index (κ1) is 58.9. The molecular formula is C59H68F3N11O8S. The van der Waals surface area contributed by atoms with Gasteiger partial charge in [0.05, 0.1) is 62.8 Å². The lowest BCUT2D eigenvalue weighted by atomic mass is 9.91. The number of carbonyl (C=O) groups excluding carboxylic acids is 5. The van der Waals surface area contributed by atoms with E-state index in [9.17, 15) is 47.0 Å². The van der Waals surface area contributed by atoms with E-state index in [1.165, 1.54) is 16.2 Å². The van der Waals surface area contributed by atoms with E-state index in [0.29, 0.717) is 80.3 Å². The largest absolute Gasteiger partial charge is 0.417 e. The first-order valence-electron chi connectivity index (χ1n) is 27.5. The van der Waals surface area contributed by atoms with E-state index in [1.54, 1.807) is 29.5 Å². The highest BCUT2D eigenvalue weighted by Crippen LogP contribution is 2.37. The minimum absolute atomic E-state index is 0.00727. The molecule has 3 aliphatic rings. The molecular weight excluding hydrogens is 1080 g/mol. The Morgan fingerprint density at radius 1 is 0.890 bits per heavy atom. The Morgan fingerprint density at radius 2 is 1.61 bits per heavy atom. The Bertz CT molecular complexity index is 3330. The van der Waals surface area contributed by atoms with Crippen molar-refractivity contribution in [1.29, 1.82) is 0 Å². The third-order valence-electron chi connectivity index (χ3n) is 15.4.